The summed E-state index contributed by atoms with van der Waals surface area (Å²) in [7, 11) is 0. The third kappa shape index (κ3) is 2.48. The lowest BCUT2D eigenvalue weighted by atomic mass is 10.0. The van der Waals surface area contributed by atoms with Crippen LogP contribution in [0.4, 0.5) is 13.2 Å². The van der Waals surface area contributed by atoms with E-state index in [1.807, 2.05) is 0 Å². The van der Waals surface area contributed by atoms with Gasteiger partial charge in [0.1, 0.15) is 0 Å². The Morgan fingerprint density at radius 3 is 2.43 bits per heavy atom. The molecule has 0 aromatic heterocycles. The number of hydrogen-bond acceptors (Lipinski definition) is 1. The summed E-state index contributed by atoms with van der Waals surface area (Å²) >= 11 is 3.05. The molecule has 1 nitrogen and oxygen atoms in total. The minimum atomic E-state index is -4.52. The quantitative estimate of drug-likeness (QED) is 0.759. The van der Waals surface area contributed by atoms with Crippen LogP contribution in [0.15, 0.2) is 28.7 Å². The molecule has 0 bridgehead atoms. The van der Waals surface area contributed by atoms with E-state index in [1.165, 1.54) is 24.3 Å². The molecule has 74 valence electrons. The average Bonchev–Trinajstić information content (AvgIpc) is 2.02. The number of hydrogen-bond donors (Lipinski definition) is 0. The normalized spacial score (nSPS) is 13.4. The van der Waals surface area contributed by atoms with E-state index in [4.69, 9.17) is 5.26 Å². The fourth-order valence-electron chi connectivity index (χ4n) is 1.02. The molecule has 14 heavy (non-hydrogen) atoms. The van der Waals surface area contributed by atoms with Crippen molar-refractivity contribution in [3.63, 3.8) is 0 Å². The van der Waals surface area contributed by atoms with Crippen molar-refractivity contribution in [2.45, 2.75) is 12.1 Å². The first-order chi connectivity index (χ1) is 6.45. The van der Waals surface area contributed by atoms with E-state index in [-0.39, 0.29) is 5.56 Å². The van der Waals surface area contributed by atoms with Gasteiger partial charge in [-0.05, 0) is 17.7 Å². The van der Waals surface area contributed by atoms with Crippen molar-refractivity contribution in [3.05, 3.63) is 34.3 Å². The molecule has 0 N–H and O–H groups in total. The summed E-state index contributed by atoms with van der Waals surface area (Å²) in [5, 5.41) is 8.42. The van der Waals surface area contributed by atoms with Crippen molar-refractivity contribution in [3.8, 4) is 6.07 Å². The number of nitrogens with zero attached hydrogens (tertiary/aromatic N) is 1. The molecule has 0 amide bonds. The van der Waals surface area contributed by atoms with E-state index >= 15 is 0 Å². The Kier molecular flexibility index (Phi) is 3.17. The molecule has 0 heterocycles. The predicted octanol–water partition coefficient (Wildman–Crippen LogP) is 3.62. The summed E-state index contributed by atoms with van der Waals surface area (Å²) < 4.78 is 37.4. The van der Waals surface area contributed by atoms with E-state index < -0.39 is 12.1 Å². The molecule has 1 atom stereocenters. The molecule has 0 radical (unpaired) electrons. The fraction of sp³-hybridized carbons (Fsp3) is 0.222. The van der Waals surface area contributed by atoms with Crippen molar-refractivity contribution in [1.82, 2.24) is 0 Å². The van der Waals surface area contributed by atoms with Crippen LogP contribution in [0.25, 0.3) is 0 Å². The highest BCUT2D eigenvalue weighted by atomic mass is 79.9. The van der Waals surface area contributed by atoms with Gasteiger partial charge in [0.2, 0.25) is 0 Å². The Hall–Kier alpha value is -1.02. The molecule has 0 aliphatic rings. The topological polar surface area (TPSA) is 23.8 Å². The van der Waals surface area contributed by atoms with Gasteiger partial charge in [-0.15, -0.1) is 0 Å². The zero-order chi connectivity index (χ0) is 10.8. The van der Waals surface area contributed by atoms with E-state index in [9.17, 15) is 13.2 Å². The summed E-state index contributed by atoms with van der Waals surface area (Å²) in [6.45, 7) is 0. The molecule has 1 aromatic rings. The fourth-order valence-corrected chi connectivity index (χ4v) is 1.44. The van der Waals surface area contributed by atoms with E-state index in [2.05, 4.69) is 15.9 Å². The molecule has 0 saturated carbocycles. The van der Waals surface area contributed by atoms with Gasteiger partial charge >= 0.3 is 6.18 Å². The molecule has 1 rings (SSSR count). The summed E-state index contributed by atoms with van der Waals surface area (Å²) in [5.41, 5.74) is -0.0469. The number of nitriles is 1. The Morgan fingerprint density at radius 2 is 2.00 bits per heavy atom. The monoisotopic (exact) mass is 263 g/mol. The Balaban J connectivity index is 3.09. The van der Waals surface area contributed by atoms with Crippen LogP contribution < -0.4 is 0 Å². The first kappa shape index (κ1) is 11.1. The second-order valence-corrected chi connectivity index (χ2v) is 3.57. The number of alkyl halides is 3. The van der Waals surface area contributed by atoms with Gasteiger partial charge < -0.3 is 0 Å². The number of benzene rings is 1. The number of rotatable bonds is 1. The highest BCUT2D eigenvalue weighted by Gasteiger charge is 2.41. The van der Waals surface area contributed by atoms with Crippen LogP contribution in [-0.2, 0) is 0 Å². The predicted molar refractivity (Wildman–Crippen MR) is 48.6 cm³/mol. The lowest BCUT2D eigenvalue weighted by Gasteiger charge is -2.13. The Labute approximate surface area is 87.3 Å². The van der Waals surface area contributed by atoms with Gasteiger partial charge in [0.05, 0.1) is 6.07 Å². The summed E-state index contributed by atoms with van der Waals surface area (Å²) in [6.07, 6.45) is -4.52. The maximum Gasteiger partial charge on any atom is 0.408 e. The van der Waals surface area contributed by atoms with Crippen molar-refractivity contribution in [2.24, 2.45) is 0 Å². The minimum absolute atomic E-state index is 0.0469. The van der Waals surface area contributed by atoms with Gasteiger partial charge in [0.15, 0.2) is 5.92 Å². The third-order valence-electron chi connectivity index (χ3n) is 1.64. The maximum absolute atomic E-state index is 12.3. The van der Waals surface area contributed by atoms with Crippen LogP contribution >= 0.6 is 15.9 Å². The largest absolute Gasteiger partial charge is 0.408 e. The third-order valence-corrected chi connectivity index (χ3v) is 2.13. The molecular weight excluding hydrogens is 259 g/mol. The molecule has 0 spiro atoms. The van der Waals surface area contributed by atoms with Crippen LogP contribution in [0.2, 0.25) is 0 Å². The zero-order valence-corrected chi connectivity index (χ0v) is 8.43. The van der Waals surface area contributed by atoms with Gasteiger partial charge in [0.25, 0.3) is 0 Å². The highest BCUT2D eigenvalue weighted by Crippen LogP contribution is 2.34. The van der Waals surface area contributed by atoms with Gasteiger partial charge in [-0.25, -0.2) is 0 Å². The van der Waals surface area contributed by atoms with E-state index in [0.717, 1.165) is 0 Å². The summed E-state index contributed by atoms with van der Waals surface area (Å²) in [6, 6.07) is 6.89. The van der Waals surface area contributed by atoms with Crippen molar-refractivity contribution in [2.75, 3.05) is 0 Å². The van der Waals surface area contributed by atoms with Gasteiger partial charge in [-0.2, -0.15) is 18.4 Å². The zero-order valence-electron chi connectivity index (χ0n) is 6.85. The standard InChI is InChI=1S/C9H5BrF3N/c10-7-3-1-2-6(4-7)8(5-14)9(11,12)13/h1-4,8H. The van der Waals surface area contributed by atoms with Crippen LogP contribution in [0.3, 0.4) is 0 Å². The molecule has 1 unspecified atom stereocenters. The molecule has 0 fully saturated rings. The average molecular weight is 264 g/mol. The SMILES string of the molecule is N#CC(c1cccc(Br)c1)C(F)(F)F. The molecule has 0 saturated heterocycles. The smallest absolute Gasteiger partial charge is 0.197 e. The lowest BCUT2D eigenvalue weighted by molar-refractivity contribution is -0.137. The Morgan fingerprint density at radius 1 is 1.36 bits per heavy atom. The molecule has 5 heteroatoms. The first-order valence-electron chi connectivity index (χ1n) is 3.67. The highest BCUT2D eigenvalue weighted by molar-refractivity contribution is 9.10. The maximum atomic E-state index is 12.3. The summed E-state index contributed by atoms with van der Waals surface area (Å²) in [4.78, 5) is 0. The summed E-state index contributed by atoms with van der Waals surface area (Å²) in [5.74, 6) is -2.06. The van der Waals surface area contributed by atoms with Crippen LogP contribution in [0.5, 0.6) is 0 Å². The molecule has 0 aliphatic heterocycles. The van der Waals surface area contributed by atoms with Crippen LogP contribution in [0, 0.1) is 11.3 Å². The van der Waals surface area contributed by atoms with Crippen LogP contribution in [0.1, 0.15) is 11.5 Å². The Bertz CT molecular complexity index is 367. The van der Waals surface area contributed by atoms with E-state index in [1.54, 1.807) is 6.07 Å². The first-order valence-corrected chi connectivity index (χ1v) is 4.46. The minimum Gasteiger partial charge on any atom is -0.197 e. The lowest BCUT2D eigenvalue weighted by Crippen LogP contribution is -2.19. The van der Waals surface area contributed by atoms with Crippen LogP contribution in [-0.4, -0.2) is 6.18 Å². The van der Waals surface area contributed by atoms with E-state index in [0.29, 0.717) is 4.47 Å². The van der Waals surface area contributed by atoms with Crippen molar-refractivity contribution < 1.29 is 13.2 Å². The second-order valence-electron chi connectivity index (χ2n) is 2.66. The van der Waals surface area contributed by atoms with Crippen molar-refractivity contribution in [1.29, 1.82) is 5.26 Å². The van der Waals surface area contributed by atoms with Crippen molar-refractivity contribution >= 4 is 15.9 Å². The molecular formula is C9H5BrF3N. The van der Waals surface area contributed by atoms with Gasteiger partial charge in [0, 0.05) is 4.47 Å². The molecule has 1 aromatic carbocycles. The number of halogens is 4. The van der Waals surface area contributed by atoms with Gasteiger partial charge in [-0.1, -0.05) is 28.1 Å². The second kappa shape index (κ2) is 4.01. The molecule has 0 aliphatic carbocycles. The van der Waals surface area contributed by atoms with Gasteiger partial charge in [-0.3, -0.25) is 0 Å².